The Kier molecular flexibility index (Phi) is 4.93. The Hall–Kier alpha value is -1.92. The van der Waals surface area contributed by atoms with Gasteiger partial charge in [0.2, 0.25) is 10.0 Å². The van der Waals surface area contributed by atoms with Gasteiger partial charge in [-0.15, -0.1) is 0 Å². The minimum atomic E-state index is -3.35. The van der Waals surface area contributed by atoms with Gasteiger partial charge in [0.05, 0.1) is 5.75 Å². The molecular formula is C15H19N3O2S. The van der Waals surface area contributed by atoms with Crippen LogP contribution in [0.15, 0.2) is 48.7 Å². The summed E-state index contributed by atoms with van der Waals surface area (Å²) in [6.07, 6.45) is 2.30. The second kappa shape index (κ2) is 6.69. The van der Waals surface area contributed by atoms with Gasteiger partial charge in [-0.2, -0.15) is 0 Å². The molecule has 1 heterocycles. The first-order valence-corrected chi connectivity index (χ1v) is 8.26. The van der Waals surface area contributed by atoms with Gasteiger partial charge < -0.3 is 5.73 Å². The van der Waals surface area contributed by atoms with E-state index in [0.717, 1.165) is 5.69 Å². The Morgan fingerprint density at radius 3 is 2.67 bits per heavy atom. The van der Waals surface area contributed by atoms with Crippen LogP contribution in [-0.4, -0.2) is 31.3 Å². The van der Waals surface area contributed by atoms with E-state index < -0.39 is 10.0 Å². The molecule has 0 saturated carbocycles. The largest absolute Gasteiger partial charge is 0.399 e. The zero-order chi connectivity index (χ0) is 15.3. The fourth-order valence-corrected chi connectivity index (χ4v) is 3.15. The molecule has 0 aliphatic carbocycles. The van der Waals surface area contributed by atoms with Crippen LogP contribution in [0, 0.1) is 0 Å². The molecule has 2 aromatic rings. The molecule has 0 fully saturated rings. The number of hydrogen-bond donors (Lipinski definition) is 1. The Morgan fingerprint density at radius 2 is 2.00 bits per heavy atom. The fourth-order valence-electron chi connectivity index (χ4n) is 1.96. The molecule has 0 aliphatic rings. The van der Waals surface area contributed by atoms with Crippen LogP contribution in [-0.2, 0) is 22.2 Å². The number of nitrogen functional groups attached to an aromatic ring is 1. The molecule has 6 heteroatoms. The first-order valence-electron chi connectivity index (χ1n) is 6.66. The van der Waals surface area contributed by atoms with Crippen LogP contribution in [0.2, 0.25) is 0 Å². The molecule has 2 N–H and O–H groups in total. The van der Waals surface area contributed by atoms with Crippen LogP contribution < -0.4 is 5.73 Å². The van der Waals surface area contributed by atoms with Gasteiger partial charge in [-0.05, 0) is 29.8 Å². The van der Waals surface area contributed by atoms with Crippen molar-refractivity contribution >= 4 is 15.7 Å². The van der Waals surface area contributed by atoms with Gasteiger partial charge in [-0.25, -0.2) is 12.7 Å². The number of nitrogens with two attached hydrogens (primary N) is 1. The normalized spacial score (nSPS) is 11.7. The summed E-state index contributed by atoms with van der Waals surface area (Å²) in [5.74, 6) is -0.0449. The maximum absolute atomic E-state index is 12.3. The summed E-state index contributed by atoms with van der Waals surface area (Å²) < 4.78 is 26.0. The highest BCUT2D eigenvalue weighted by atomic mass is 32.2. The molecule has 0 atom stereocenters. The molecule has 1 aromatic carbocycles. The van der Waals surface area contributed by atoms with Crippen molar-refractivity contribution in [2.75, 3.05) is 19.3 Å². The molecule has 0 spiro atoms. The SMILES string of the molecule is CN(CCc1ccccn1)S(=O)(=O)Cc1cccc(N)c1. The smallest absolute Gasteiger partial charge is 0.218 e. The quantitative estimate of drug-likeness (QED) is 0.824. The predicted octanol–water partition coefficient (Wildman–Crippen LogP) is 1.67. The summed E-state index contributed by atoms with van der Waals surface area (Å²) in [5.41, 5.74) is 7.81. The summed E-state index contributed by atoms with van der Waals surface area (Å²) in [4.78, 5) is 4.19. The highest BCUT2D eigenvalue weighted by Gasteiger charge is 2.18. The number of rotatable bonds is 6. The standard InChI is InChI=1S/C15H19N3O2S/c1-18(10-8-15-7-2-3-9-17-15)21(19,20)12-13-5-4-6-14(16)11-13/h2-7,9,11H,8,10,12,16H2,1H3. The maximum atomic E-state index is 12.3. The van der Waals surface area contributed by atoms with Crippen LogP contribution >= 0.6 is 0 Å². The van der Waals surface area contributed by atoms with Crippen LogP contribution in [0.25, 0.3) is 0 Å². The molecular weight excluding hydrogens is 286 g/mol. The lowest BCUT2D eigenvalue weighted by molar-refractivity contribution is 0.470. The van der Waals surface area contributed by atoms with Crippen LogP contribution in [0.5, 0.6) is 0 Å². The lowest BCUT2D eigenvalue weighted by Gasteiger charge is -2.17. The van der Waals surface area contributed by atoms with Gasteiger partial charge in [0.15, 0.2) is 0 Å². The van der Waals surface area contributed by atoms with Crippen LogP contribution in [0.3, 0.4) is 0 Å². The first-order chi connectivity index (χ1) is 9.97. The summed E-state index contributed by atoms with van der Waals surface area (Å²) >= 11 is 0. The number of sulfonamides is 1. The Morgan fingerprint density at radius 1 is 1.19 bits per heavy atom. The molecule has 21 heavy (non-hydrogen) atoms. The molecule has 0 radical (unpaired) electrons. The van der Waals surface area contributed by atoms with Gasteiger partial charge in [-0.1, -0.05) is 18.2 Å². The highest BCUT2D eigenvalue weighted by molar-refractivity contribution is 7.88. The number of pyridine rings is 1. The zero-order valence-corrected chi connectivity index (χ0v) is 12.8. The van der Waals surface area contributed by atoms with Gasteiger partial charge in [0.25, 0.3) is 0 Å². The molecule has 0 bridgehead atoms. The van der Waals surface area contributed by atoms with E-state index in [2.05, 4.69) is 4.98 Å². The number of hydrogen-bond acceptors (Lipinski definition) is 4. The minimum absolute atomic E-state index is 0.0449. The number of nitrogens with zero attached hydrogens (tertiary/aromatic N) is 2. The van der Waals surface area contributed by atoms with E-state index in [4.69, 9.17) is 5.73 Å². The third kappa shape index (κ3) is 4.54. The second-order valence-corrected chi connectivity index (χ2v) is 6.97. The average Bonchev–Trinajstić information content (AvgIpc) is 2.45. The third-order valence-electron chi connectivity index (χ3n) is 3.18. The van der Waals surface area contributed by atoms with E-state index in [-0.39, 0.29) is 5.75 Å². The van der Waals surface area contributed by atoms with Gasteiger partial charge >= 0.3 is 0 Å². The van der Waals surface area contributed by atoms with Crippen molar-refractivity contribution < 1.29 is 8.42 Å². The van der Waals surface area contributed by atoms with Crippen molar-refractivity contribution in [3.05, 3.63) is 59.9 Å². The molecule has 0 saturated heterocycles. The van der Waals surface area contributed by atoms with Crippen molar-refractivity contribution in [3.8, 4) is 0 Å². The van der Waals surface area contributed by atoms with E-state index >= 15 is 0 Å². The lowest BCUT2D eigenvalue weighted by Crippen LogP contribution is -2.30. The summed E-state index contributed by atoms with van der Waals surface area (Å²) in [6.45, 7) is 0.404. The number of likely N-dealkylation sites (N-methyl/N-ethyl adjacent to an activating group) is 1. The molecule has 5 nitrogen and oxygen atoms in total. The van der Waals surface area contributed by atoms with Gasteiger partial charge in [0.1, 0.15) is 0 Å². The number of anilines is 1. The van der Waals surface area contributed by atoms with E-state index in [1.165, 1.54) is 4.31 Å². The van der Waals surface area contributed by atoms with Crippen LogP contribution in [0.4, 0.5) is 5.69 Å². The second-order valence-electron chi connectivity index (χ2n) is 4.89. The van der Waals surface area contributed by atoms with E-state index in [1.54, 1.807) is 37.5 Å². The third-order valence-corrected chi connectivity index (χ3v) is 5.01. The molecule has 112 valence electrons. The summed E-state index contributed by atoms with van der Waals surface area (Å²) in [6, 6.07) is 12.6. The lowest BCUT2D eigenvalue weighted by atomic mass is 10.2. The Labute approximate surface area is 125 Å². The monoisotopic (exact) mass is 305 g/mol. The van der Waals surface area contributed by atoms with Crippen molar-refractivity contribution in [2.24, 2.45) is 0 Å². The van der Waals surface area contributed by atoms with E-state index in [0.29, 0.717) is 24.2 Å². The minimum Gasteiger partial charge on any atom is -0.399 e. The van der Waals surface area contributed by atoms with Crippen molar-refractivity contribution in [2.45, 2.75) is 12.2 Å². The van der Waals surface area contributed by atoms with Crippen molar-refractivity contribution in [1.29, 1.82) is 0 Å². The number of benzene rings is 1. The summed E-state index contributed by atoms with van der Waals surface area (Å²) in [5, 5.41) is 0. The van der Waals surface area contributed by atoms with Gasteiger partial charge in [0, 0.05) is 37.6 Å². The average molecular weight is 305 g/mol. The van der Waals surface area contributed by atoms with E-state index in [9.17, 15) is 8.42 Å². The topological polar surface area (TPSA) is 76.3 Å². The van der Waals surface area contributed by atoms with Crippen molar-refractivity contribution in [1.82, 2.24) is 9.29 Å². The number of aromatic nitrogens is 1. The maximum Gasteiger partial charge on any atom is 0.218 e. The van der Waals surface area contributed by atoms with Crippen LogP contribution in [0.1, 0.15) is 11.3 Å². The molecule has 0 aliphatic heterocycles. The predicted molar refractivity (Wildman–Crippen MR) is 84.0 cm³/mol. The van der Waals surface area contributed by atoms with Gasteiger partial charge in [-0.3, -0.25) is 4.98 Å². The zero-order valence-electron chi connectivity index (χ0n) is 11.9. The fraction of sp³-hybridized carbons (Fsp3) is 0.267. The van der Waals surface area contributed by atoms with E-state index in [1.807, 2.05) is 18.2 Å². The first kappa shape index (κ1) is 15.5. The molecule has 2 rings (SSSR count). The highest BCUT2D eigenvalue weighted by Crippen LogP contribution is 2.13. The Bertz CT molecular complexity index is 687. The van der Waals surface area contributed by atoms with Crippen molar-refractivity contribution in [3.63, 3.8) is 0 Å². The molecule has 0 amide bonds. The summed E-state index contributed by atoms with van der Waals surface area (Å²) in [7, 11) is -1.76. The Balaban J connectivity index is 1.98. The molecule has 1 aromatic heterocycles. The molecule has 0 unspecified atom stereocenters.